The number of hydrogen-bond acceptors (Lipinski definition) is 0. The molecule has 1 radical (unpaired) electrons. The SMILES string of the molecule is CCCCCCC1C[CH]CC1. The van der Waals surface area contributed by atoms with Gasteiger partial charge in [0, 0.05) is 0 Å². The lowest BCUT2D eigenvalue weighted by Crippen LogP contribution is -1.92. The first kappa shape index (κ1) is 9.09. The van der Waals surface area contributed by atoms with Crippen LogP contribution >= 0.6 is 0 Å². The lowest BCUT2D eigenvalue weighted by molar-refractivity contribution is 0.471. The van der Waals surface area contributed by atoms with Crippen molar-refractivity contribution in [3.8, 4) is 0 Å². The van der Waals surface area contributed by atoms with E-state index < -0.39 is 0 Å². The second-order valence-electron chi connectivity index (χ2n) is 3.82. The van der Waals surface area contributed by atoms with Crippen molar-refractivity contribution in [1.82, 2.24) is 0 Å². The van der Waals surface area contributed by atoms with Crippen LogP contribution < -0.4 is 0 Å². The van der Waals surface area contributed by atoms with Gasteiger partial charge in [-0.2, -0.15) is 0 Å². The van der Waals surface area contributed by atoms with Crippen LogP contribution in [0.15, 0.2) is 0 Å². The van der Waals surface area contributed by atoms with Gasteiger partial charge < -0.3 is 0 Å². The fourth-order valence-electron chi connectivity index (χ4n) is 1.95. The number of unbranched alkanes of at least 4 members (excludes halogenated alkanes) is 3. The molecule has 1 aliphatic rings. The maximum Gasteiger partial charge on any atom is -0.0383 e. The predicted octanol–water partition coefficient (Wildman–Crippen LogP) is 3.96. The second kappa shape index (κ2) is 5.62. The third-order valence-electron chi connectivity index (χ3n) is 2.74. The van der Waals surface area contributed by atoms with E-state index in [2.05, 4.69) is 13.3 Å². The average molecular weight is 153 g/mol. The zero-order valence-electron chi connectivity index (χ0n) is 7.81. The van der Waals surface area contributed by atoms with Crippen molar-refractivity contribution in [3.05, 3.63) is 6.42 Å². The van der Waals surface area contributed by atoms with E-state index in [4.69, 9.17) is 0 Å². The standard InChI is InChI=1S/C11H21/c1-2-3-4-5-8-11-9-6-7-10-11/h6,11H,2-5,7-10H2,1H3. The smallest absolute Gasteiger partial charge is 0.0383 e. The van der Waals surface area contributed by atoms with Crippen LogP contribution in [0.5, 0.6) is 0 Å². The summed E-state index contributed by atoms with van der Waals surface area (Å²) < 4.78 is 0. The summed E-state index contributed by atoms with van der Waals surface area (Å²) in [7, 11) is 0. The van der Waals surface area contributed by atoms with Crippen molar-refractivity contribution in [2.45, 2.75) is 58.3 Å². The van der Waals surface area contributed by atoms with Crippen LogP contribution in [0.4, 0.5) is 0 Å². The molecule has 11 heavy (non-hydrogen) atoms. The van der Waals surface area contributed by atoms with E-state index in [9.17, 15) is 0 Å². The van der Waals surface area contributed by atoms with Crippen LogP contribution in [0.25, 0.3) is 0 Å². The summed E-state index contributed by atoms with van der Waals surface area (Å²) in [5.41, 5.74) is 0. The molecule has 1 saturated carbocycles. The molecule has 1 atom stereocenters. The van der Waals surface area contributed by atoms with E-state index in [1.165, 1.54) is 51.4 Å². The van der Waals surface area contributed by atoms with Gasteiger partial charge in [0.15, 0.2) is 0 Å². The van der Waals surface area contributed by atoms with Gasteiger partial charge in [-0.3, -0.25) is 0 Å². The minimum absolute atomic E-state index is 1.06. The summed E-state index contributed by atoms with van der Waals surface area (Å²) in [5.74, 6) is 1.06. The fourth-order valence-corrected chi connectivity index (χ4v) is 1.95. The summed E-state index contributed by atoms with van der Waals surface area (Å²) in [4.78, 5) is 0. The molecule has 0 saturated heterocycles. The molecule has 0 aromatic rings. The van der Waals surface area contributed by atoms with Crippen molar-refractivity contribution in [2.75, 3.05) is 0 Å². The maximum absolute atomic E-state index is 2.46. The Morgan fingerprint density at radius 1 is 1.27 bits per heavy atom. The minimum atomic E-state index is 1.06. The van der Waals surface area contributed by atoms with E-state index in [-0.39, 0.29) is 0 Å². The molecule has 0 aromatic heterocycles. The first-order valence-corrected chi connectivity index (χ1v) is 5.25. The Balaban J connectivity index is 1.86. The number of hydrogen-bond donors (Lipinski definition) is 0. The topological polar surface area (TPSA) is 0 Å². The van der Waals surface area contributed by atoms with Crippen LogP contribution in [-0.2, 0) is 0 Å². The highest BCUT2D eigenvalue weighted by molar-refractivity contribution is 4.80. The van der Waals surface area contributed by atoms with Crippen LogP contribution in [0, 0.1) is 12.3 Å². The summed E-state index contributed by atoms with van der Waals surface area (Å²) in [6.45, 7) is 2.28. The highest BCUT2D eigenvalue weighted by atomic mass is 14.2. The zero-order chi connectivity index (χ0) is 7.94. The molecule has 0 nitrogen and oxygen atoms in total. The number of rotatable bonds is 5. The minimum Gasteiger partial charge on any atom is -0.0654 e. The molecule has 0 N–H and O–H groups in total. The summed E-state index contributed by atoms with van der Waals surface area (Å²) in [6.07, 6.45) is 14.0. The normalized spacial score (nSPS) is 19.4. The quantitative estimate of drug-likeness (QED) is 0.524. The molecule has 0 heterocycles. The third-order valence-corrected chi connectivity index (χ3v) is 2.74. The van der Waals surface area contributed by atoms with Crippen molar-refractivity contribution in [2.24, 2.45) is 5.92 Å². The summed E-state index contributed by atoms with van der Waals surface area (Å²) >= 11 is 0. The Morgan fingerprint density at radius 3 is 2.82 bits per heavy atom. The Bertz CT molecular complexity index is 80.0. The van der Waals surface area contributed by atoms with Gasteiger partial charge in [-0.25, -0.2) is 0 Å². The van der Waals surface area contributed by atoms with E-state index in [0.717, 1.165) is 5.92 Å². The molecule has 0 spiro atoms. The molecule has 1 aliphatic carbocycles. The van der Waals surface area contributed by atoms with Crippen molar-refractivity contribution in [1.29, 1.82) is 0 Å². The van der Waals surface area contributed by atoms with Crippen LogP contribution in [0.3, 0.4) is 0 Å². The van der Waals surface area contributed by atoms with E-state index in [1.54, 1.807) is 0 Å². The average Bonchev–Trinajstić information content (AvgIpc) is 2.50. The summed E-state index contributed by atoms with van der Waals surface area (Å²) in [6, 6.07) is 0. The van der Waals surface area contributed by atoms with Crippen LogP contribution in [0.2, 0.25) is 0 Å². The Kier molecular flexibility index (Phi) is 4.65. The first-order chi connectivity index (χ1) is 5.43. The molecular weight excluding hydrogens is 132 g/mol. The molecular formula is C11H21. The molecule has 0 bridgehead atoms. The van der Waals surface area contributed by atoms with Crippen molar-refractivity contribution in [3.63, 3.8) is 0 Å². The van der Waals surface area contributed by atoms with Gasteiger partial charge in [0.1, 0.15) is 0 Å². The second-order valence-corrected chi connectivity index (χ2v) is 3.82. The molecule has 0 amide bonds. The van der Waals surface area contributed by atoms with Gasteiger partial charge >= 0.3 is 0 Å². The zero-order valence-corrected chi connectivity index (χ0v) is 7.81. The van der Waals surface area contributed by atoms with E-state index in [1.807, 2.05) is 0 Å². The molecule has 0 aromatic carbocycles. The van der Waals surface area contributed by atoms with Gasteiger partial charge in [-0.15, -0.1) is 0 Å². The van der Waals surface area contributed by atoms with Gasteiger partial charge in [-0.05, 0) is 25.2 Å². The molecule has 1 fully saturated rings. The Labute approximate surface area is 71.4 Å². The monoisotopic (exact) mass is 153 g/mol. The van der Waals surface area contributed by atoms with Crippen molar-refractivity contribution >= 4 is 0 Å². The molecule has 0 aliphatic heterocycles. The van der Waals surface area contributed by atoms with Gasteiger partial charge in [-0.1, -0.05) is 45.4 Å². The summed E-state index contributed by atoms with van der Waals surface area (Å²) in [5, 5.41) is 0. The van der Waals surface area contributed by atoms with Crippen LogP contribution in [0.1, 0.15) is 58.3 Å². The lowest BCUT2D eigenvalue weighted by Gasteiger charge is -2.06. The highest BCUT2D eigenvalue weighted by Gasteiger charge is 2.13. The molecule has 1 rings (SSSR count). The van der Waals surface area contributed by atoms with Gasteiger partial charge in [0.2, 0.25) is 0 Å². The highest BCUT2D eigenvalue weighted by Crippen LogP contribution is 2.28. The molecule has 1 unspecified atom stereocenters. The maximum atomic E-state index is 2.46. The van der Waals surface area contributed by atoms with E-state index >= 15 is 0 Å². The molecule has 65 valence electrons. The predicted molar refractivity (Wildman–Crippen MR) is 50.4 cm³/mol. The Hall–Kier alpha value is 0. The van der Waals surface area contributed by atoms with Crippen LogP contribution in [-0.4, -0.2) is 0 Å². The van der Waals surface area contributed by atoms with Crippen molar-refractivity contribution < 1.29 is 0 Å². The molecule has 0 heteroatoms. The first-order valence-electron chi connectivity index (χ1n) is 5.25. The van der Waals surface area contributed by atoms with Gasteiger partial charge in [0.05, 0.1) is 0 Å². The van der Waals surface area contributed by atoms with Gasteiger partial charge in [0.25, 0.3) is 0 Å². The fraction of sp³-hybridized carbons (Fsp3) is 0.909. The largest absolute Gasteiger partial charge is 0.0654 e. The lowest BCUT2D eigenvalue weighted by atomic mass is 10.00. The third kappa shape index (κ3) is 3.79. The Morgan fingerprint density at radius 2 is 2.18 bits per heavy atom. The van der Waals surface area contributed by atoms with E-state index in [0.29, 0.717) is 0 Å².